The van der Waals surface area contributed by atoms with Gasteiger partial charge in [0.05, 0.1) is 13.7 Å². The highest BCUT2D eigenvalue weighted by Gasteiger charge is 2.43. The average molecular weight is 557 g/mol. The molecule has 0 radical (unpaired) electrons. The van der Waals surface area contributed by atoms with Gasteiger partial charge in [-0.15, -0.1) is 0 Å². The number of amides is 2. The third-order valence-corrected chi connectivity index (χ3v) is 8.14. The second-order valence-electron chi connectivity index (χ2n) is 9.78. The van der Waals surface area contributed by atoms with Gasteiger partial charge in [0.2, 0.25) is 0 Å². The lowest BCUT2D eigenvalue weighted by molar-refractivity contribution is -0.135. The molecule has 2 N–H and O–H groups in total. The molecule has 39 heavy (non-hydrogen) atoms. The minimum Gasteiger partial charge on any atom is -0.497 e. The fourth-order valence-electron chi connectivity index (χ4n) is 4.53. The highest BCUT2D eigenvalue weighted by molar-refractivity contribution is 7.89. The number of carbonyl (C=O) groups is 3. The molecular weight excluding hydrogens is 524 g/mol. The van der Waals surface area contributed by atoms with Gasteiger partial charge in [0.25, 0.3) is 21.8 Å². The molecule has 1 aromatic carbocycles. The van der Waals surface area contributed by atoms with E-state index in [1.807, 2.05) is 13.8 Å². The fraction of sp³-hybridized carbons (Fsp3) is 0.407. The minimum absolute atomic E-state index is 0.0475. The highest BCUT2D eigenvalue weighted by Crippen LogP contribution is 2.26. The first-order valence-corrected chi connectivity index (χ1v) is 14.2. The van der Waals surface area contributed by atoms with Crippen molar-refractivity contribution in [2.24, 2.45) is 5.92 Å². The summed E-state index contributed by atoms with van der Waals surface area (Å²) in [5, 5.41) is 5.89. The summed E-state index contributed by atoms with van der Waals surface area (Å²) in [4.78, 5) is 44.3. The van der Waals surface area contributed by atoms with Gasteiger partial charge in [-0.25, -0.2) is 9.29 Å². The third kappa shape index (κ3) is 6.28. The topological polar surface area (TPSA) is 148 Å². The molecule has 2 amide bonds. The Bertz CT molecular complexity index is 1450. The highest BCUT2D eigenvalue weighted by atomic mass is 32.2. The van der Waals surface area contributed by atoms with Gasteiger partial charge in [0, 0.05) is 11.6 Å². The quantitative estimate of drug-likeness (QED) is 0.406. The average Bonchev–Trinajstić information content (AvgIpc) is 3.24. The van der Waals surface area contributed by atoms with Crippen molar-refractivity contribution in [1.82, 2.24) is 19.9 Å². The van der Waals surface area contributed by atoms with E-state index in [4.69, 9.17) is 9.15 Å². The number of nitrogens with zero attached hydrogens (tertiary/aromatic N) is 2. The number of rotatable bonds is 9. The molecular formula is C27H32N4O7S. The molecule has 208 valence electrons. The van der Waals surface area contributed by atoms with Crippen LogP contribution < -0.4 is 15.4 Å². The van der Waals surface area contributed by atoms with Crippen molar-refractivity contribution in [3.63, 3.8) is 0 Å². The first-order valence-electron chi connectivity index (χ1n) is 12.7. The number of sulfonamides is 1. The van der Waals surface area contributed by atoms with Crippen LogP contribution in [0.25, 0.3) is 11.0 Å². The first-order chi connectivity index (χ1) is 18.6. The number of methoxy groups -OCH3 is 1. The molecule has 11 nitrogen and oxygen atoms in total. The van der Waals surface area contributed by atoms with Gasteiger partial charge in [-0.2, -0.15) is 8.42 Å². The second kappa shape index (κ2) is 12.0. The van der Waals surface area contributed by atoms with E-state index in [9.17, 15) is 22.8 Å². The first kappa shape index (κ1) is 28.2. The molecule has 2 atom stereocenters. The van der Waals surface area contributed by atoms with Crippen LogP contribution in [0.3, 0.4) is 0 Å². The van der Waals surface area contributed by atoms with E-state index in [-0.39, 0.29) is 36.1 Å². The van der Waals surface area contributed by atoms with E-state index < -0.39 is 39.7 Å². The Hall–Kier alpha value is -3.77. The number of ketones is 1. The second-order valence-corrected chi connectivity index (χ2v) is 11.5. The Morgan fingerprint density at radius 3 is 2.72 bits per heavy atom. The van der Waals surface area contributed by atoms with Crippen molar-refractivity contribution in [2.45, 2.75) is 50.2 Å². The van der Waals surface area contributed by atoms with Crippen LogP contribution in [-0.4, -0.2) is 67.6 Å². The van der Waals surface area contributed by atoms with Gasteiger partial charge in [0.15, 0.2) is 16.6 Å². The van der Waals surface area contributed by atoms with Gasteiger partial charge in [0.1, 0.15) is 23.4 Å². The van der Waals surface area contributed by atoms with Crippen LogP contribution in [0.5, 0.6) is 5.75 Å². The van der Waals surface area contributed by atoms with Gasteiger partial charge in [-0.3, -0.25) is 14.4 Å². The molecule has 0 aliphatic carbocycles. The predicted octanol–water partition coefficient (Wildman–Crippen LogP) is 2.52. The lowest BCUT2D eigenvalue weighted by Gasteiger charge is -2.32. The van der Waals surface area contributed by atoms with E-state index in [0.29, 0.717) is 34.0 Å². The summed E-state index contributed by atoms with van der Waals surface area (Å²) < 4.78 is 39.1. The zero-order valence-electron chi connectivity index (χ0n) is 22.0. The molecule has 1 aliphatic heterocycles. The van der Waals surface area contributed by atoms with Crippen LogP contribution >= 0.6 is 0 Å². The van der Waals surface area contributed by atoms with Crippen molar-refractivity contribution in [3.8, 4) is 5.75 Å². The van der Waals surface area contributed by atoms with E-state index in [2.05, 4.69) is 15.6 Å². The fourth-order valence-corrected chi connectivity index (χ4v) is 6.10. The minimum atomic E-state index is -4.52. The summed E-state index contributed by atoms with van der Waals surface area (Å²) in [7, 11) is -3.00. The summed E-state index contributed by atoms with van der Waals surface area (Å²) in [6, 6.07) is 8.42. The summed E-state index contributed by atoms with van der Waals surface area (Å²) in [6.07, 6.45) is 2.07. The predicted molar refractivity (Wildman–Crippen MR) is 143 cm³/mol. The van der Waals surface area contributed by atoms with E-state index >= 15 is 0 Å². The lowest BCUT2D eigenvalue weighted by Crippen LogP contribution is -2.56. The number of aromatic nitrogens is 1. The molecule has 1 saturated heterocycles. The number of furan rings is 1. The number of benzene rings is 1. The largest absolute Gasteiger partial charge is 0.497 e. The Kier molecular flexibility index (Phi) is 8.66. The van der Waals surface area contributed by atoms with Crippen molar-refractivity contribution < 1.29 is 32.0 Å². The zero-order valence-corrected chi connectivity index (χ0v) is 22.9. The number of nitrogens with one attached hydrogen (secondary N) is 2. The van der Waals surface area contributed by atoms with Crippen LogP contribution in [0.1, 0.15) is 43.7 Å². The van der Waals surface area contributed by atoms with Gasteiger partial charge in [-0.05, 0) is 68.1 Å². The van der Waals surface area contributed by atoms with Crippen molar-refractivity contribution in [3.05, 3.63) is 54.4 Å². The Balaban J connectivity index is 1.71. The zero-order chi connectivity index (χ0) is 28.2. The monoisotopic (exact) mass is 556 g/mol. The standard InChI is InChI=1S/C27H32N4O7S/c1-17(2)13-20(30-26(33)24-15-18-14-19(37-3)9-10-23(18)38-24)27(34)31(21-7-6-11-28-16-22(21)32)39(35,36)25-8-4-5-12-29-25/h4-5,8-10,12,14-15,17,20-21,28H,6-7,11,13,16H2,1-3H3,(H,30,33)/t20?,21-/m0/s1. The maximum atomic E-state index is 14.1. The number of pyridine rings is 1. The van der Waals surface area contributed by atoms with E-state index in [1.165, 1.54) is 31.5 Å². The molecule has 3 heterocycles. The number of hydrogen-bond acceptors (Lipinski definition) is 9. The molecule has 1 fully saturated rings. The maximum absolute atomic E-state index is 14.1. The van der Waals surface area contributed by atoms with Crippen LogP contribution in [0.4, 0.5) is 0 Å². The van der Waals surface area contributed by atoms with Crippen molar-refractivity contribution >= 4 is 38.6 Å². The third-order valence-electron chi connectivity index (χ3n) is 6.42. The summed E-state index contributed by atoms with van der Waals surface area (Å²) in [6.45, 7) is 4.13. The number of carbonyl (C=O) groups excluding carboxylic acids is 3. The lowest BCUT2D eigenvalue weighted by atomic mass is 10.0. The smallest absolute Gasteiger partial charge is 0.287 e. The molecule has 0 bridgehead atoms. The summed E-state index contributed by atoms with van der Waals surface area (Å²) >= 11 is 0. The SMILES string of the molecule is COc1ccc2oc(C(=O)NC(CC(C)C)C(=O)N([C@H]3CCCNCC3=O)S(=O)(=O)c3ccccn3)cc2c1. The Labute approximate surface area is 227 Å². The number of Topliss-reactive ketones (excluding diaryl/α,β-unsaturated/α-hetero) is 1. The van der Waals surface area contributed by atoms with Gasteiger partial charge >= 0.3 is 0 Å². The molecule has 2 aromatic heterocycles. The Morgan fingerprint density at radius 2 is 2.03 bits per heavy atom. The van der Waals surface area contributed by atoms with Crippen LogP contribution in [0.15, 0.2) is 58.1 Å². The van der Waals surface area contributed by atoms with E-state index in [0.717, 1.165) is 0 Å². The number of fused-ring (bicyclic) bond motifs is 1. The van der Waals surface area contributed by atoms with Crippen LogP contribution in [0, 0.1) is 5.92 Å². The van der Waals surface area contributed by atoms with Gasteiger partial charge < -0.3 is 19.8 Å². The molecule has 1 unspecified atom stereocenters. The normalized spacial score (nSPS) is 17.0. The molecule has 12 heteroatoms. The van der Waals surface area contributed by atoms with E-state index in [1.54, 1.807) is 24.3 Å². The molecule has 0 saturated carbocycles. The molecule has 4 rings (SSSR count). The van der Waals surface area contributed by atoms with Crippen LogP contribution in [0.2, 0.25) is 0 Å². The molecule has 3 aromatic rings. The molecule has 0 spiro atoms. The number of hydrogen-bond donors (Lipinski definition) is 2. The number of ether oxygens (including phenoxy) is 1. The van der Waals surface area contributed by atoms with Crippen molar-refractivity contribution in [2.75, 3.05) is 20.2 Å². The Morgan fingerprint density at radius 1 is 1.23 bits per heavy atom. The summed E-state index contributed by atoms with van der Waals surface area (Å²) in [5.41, 5.74) is 0.448. The van der Waals surface area contributed by atoms with Gasteiger partial charge in [-0.1, -0.05) is 19.9 Å². The maximum Gasteiger partial charge on any atom is 0.287 e. The summed E-state index contributed by atoms with van der Waals surface area (Å²) in [5.74, 6) is -1.57. The van der Waals surface area contributed by atoms with Crippen LogP contribution in [-0.2, 0) is 19.6 Å². The van der Waals surface area contributed by atoms with Crippen molar-refractivity contribution in [1.29, 1.82) is 0 Å². The molecule has 1 aliphatic rings.